The number of rotatable bonds is 9. The van der Waals surface area contributed by atoms with Gasteiger partial charge < -0.3 is 14.8 Å². The maximum Gasteiger partial charge on any atom is 0.573 e. The summed E-state index contributed by atoms with van der Waals surface area (Å²) in [5, 5.41) is 2.35. The Morgan fingerprint density at radius 2 is 1.68 bits per heavy atom. The minimum atomic E-state index is -4.86. The highest BCUT2D eigenvalue weighted by Gasteiger charge is 2.32. The Morgan fingerprint density at radius 3 is 2.35 bits per heavy atom. The van der Waals surface area contributed by atoms with Crippen molar-refractivity contribution in [3.63, 3.8) is 0 Å². The molecule has 0 heterocycles. The molecule has 31 heavy (non-hydrogen) atoms. The first-order valence-corrected chi connectivity index (χ1v) is 9.41. The van der Waals surface area contributed by atoms with Gasteiger partial charge in [-0.1, -0.05) is 30.3 Å². The monoisotopic (exact) mass is 437 g/mol. The molecular weight excluding hydrogens is 415 g/mol. The second-order valence-electron chi connectivity index (χ2n) is 6.82. The highest BCUT2D eigenvalue weighted by molar-refractivity contribution is 5.97. The van der Waals surface area contributed by atoms with E-state index in [1.54, 1.807) is 12.1 Å². The van der Waals surface area contributed by atoms with Crippen LogP contribution in [-0.2, 0) is 20.9 Å². The topological polar surface area (TPSA) is 81.7 Å². The molecule has 0 aliphatic rings. The Kier molecular flexibility index (Phi) is 8.18. The molecule has 0 atom stereocenters. The van der Waals surface area contributed by atoms with Gasteiger partial charge in [0.1, 0.15) is 5.75 Å². The van der Waals surface area contributed by atoms with Gasteiger partial charge in [0.2, 0.25) is 0 Å². The molecule has 1 amide bonds. The Morgan fingerprint density at radius 1 is 0.968 bits per heavy atom. The van der Waals surface area contributed by atoms with Crippen LogP contribution in [0.1, 0.15) is 39.9 Å². The zero-order valence-corrected chi connectivity index (χ0v) is 17.0. The Labute approximate surface area is 177 Å². The molecule has 2 aromatic rings. The van der Waals surface area contributed by atoms with Gasteiger partial charge in [-0.05, 0) is 37.1 Å². The molecule has 0 bridgehead atoms. The molecule has 2 rings (SSSR count). The lowest BCUT2D eigenvalue weighted by Gasteiger charge is -2.13. The van der Waals surface area contributed by atoms with Crippen molar-refractivity contribution in [2.24, 2.45) is 0 Å². The van der Waals surface area contributed by atoms with Crippen molar-refractivity contribution < 1.29 is 37.0 Å². The second-order valence-corrected chi connectivity index (χ2v) is 6.82. The second kappa shape index (κ2) is 10.6. The number of benzene rings is 2. The van der Waals surface area contributed by atoms with Crippen LogP contribution >= 0.6 is 0 Å². The van der Waals surface area contributed by atoms with E-state index < -0.39 is 30.6 Å². The third-order valence-corrected chi connectivity index (χ3v) is 4.42. The Bertz CT molecular complexity index is 956. The number of esters is 1. The van der Waals surface area contributed by atoms with Crippen LogP contribution < -0.4 is 10.1 Å². The van der Waals surface area contributed by atoms with E-state index in [1.165, 1.54) is 18.2 Å². The normalized spacial score (nSPS) is 11.0. The summed E-state index contributed by atoms with van der Waals surface area (Å²) >= 11 is 0. The molecule has 0 unspecified atom stereocenters. The molecule has 1 N–H and O–H groups in total. The van der Waals surface area contributed by atoms with Crippen LogP contribution in [0.4, 0.5) is 13.2 Å². The number of carbonyl (C=O) groups is 3. The third kappa shape index (κ3) is 8.12. The number of Topliss-reactive ketones (excluding diaryl/α,β-unsaturated/α-hetero) is 1. The number of alkyl halides is 3. The molecule has 0 saturated carbocycles. The molecule has 0 aromatic heterocycles. The number of nitrogens with one attached hydrogen (secondary N) is 1. The summed E-state index contributed by atoms with van der Waals surface area (Å²) in [6.45, 7) is 2.95. The SMILES string of the molecule is Cc1ccc(C(=O)CCC(=O)OCC(=O)NCc2ccccc2OC(F)(F)F)cc1C. The number of para-hydroxylation sites is 1. The fourth-order valence-corrected chi connectivity index (χ4v) is 2.61. The predicted octanol–water partition coefficient (Wildman–Crippen LogP) is 4.02. The van der Waals surface area contributed by atoms with E-state index in [-0.39, 0.29) is 30.7 Å². The van der Waals surface area contributed by atoms with Crippen molar-refractivity contribution >= 4 is 17.7 Å². The van der Waals surface area contributed by atoms with Crippen LogP contribution in [0.5, 0.6) is 5.75 Å². The molecule has 0 fully saturated rings. The van der Waals surface area contributed by atoms with Crippen molar-refractivity contribution in [3.05, 3.63) is 64.7 Å². The van der Waals surface area contributed by atoms with Crippen molar-refractivity contribution in [2.45, 2.75) is 39.6 Å². The molecule has 0 aliphatic heterocycles. The average Bonchev–Trinajstić information content (AvgIpc) is 2.70. The van der Waals surface area contributed by atoms with Crippen molar-refractivity contribution in [1.29, 1.82) is 0 Å². The highest BCUT2D eigenvalue weighted by Crippen LogP contribution is 2.26. The van der Waals surface area contributed by atoms with Gasteiger partial charge in [-0.2, -0.15) is 0 Å². The van der Waals surface area contributed by atoms with E-state index in [9.17, 15) is 27.6 Å². The number of halogens is 3. The van der Waals surface area contributed by atoms with Crippen molar-refractivity contribution in [3.8, 4) is 5.75 Å². The molecule has 0 aliphatic carbocycles. The van der Waals surface area contributed by atoms with E-state index in [4.69, 9.17) is 4.74 Å². The molecular formula is C22H22F3NO5. The lowest BCUT2D eigenvalue weighted by Crippen LogP contribution is -2.29. The summed E-state index contributed by atoms with van der Waals surface area (Å²) in [4.78, 5) is 35.8. The number of amides is 1. The number of hydrogen-bond donors (Lipinski definition) is 1. The van der Waals surface area contributed by atoms with Gasteiger partial charge >= 0.3 is 12.3 Å². The van der Waals surface area contributed by atoms with Crippen LogP contribution in [0, 0.1) is 13.8 Å². The number of hydrogen-bond acceptors (Lipinski definition) is 5. The lowest BCUT2D eigenvalue weighted by atomic mass is 10.0. The van der Waals surface area contributed by atoms with Gasteiger partial charge in [0.05, 0.1) is 6.42 Å². The summed E-state index contributed by atoms with van der Waals surface area (Å²) in [7, 11) is 0. The number of carbonyl (C=O) groups excluding carboxylic acids is 3. The smallest absolute Gasteiger partial charge is 0.456 e. The third-order valence-electron chi connectivity index (χ3n) is 4.42. The van der Waals surface area contributed by atoms with E-state index >= 15 is 0 Å². The van der Waals surface area contributed by atoms with Gasteiger partial charge in [-0.15, -0.1) is 13.2 Å². The summed E-state index contributed by atoms with van der Waals surface area (Å²) in [5.74, 6) is -2.08. The molecule has 0 saturated heterocycles. The number of ether oxygens (including phenoxy) is 2. The van der Waals surface area contributed by atoms with Gasteiger partial charge in [0, 0.05) is 24.1 Å². The first kappa shape index (κ1) is 23.9. The van der Waals surface area contributed by atoms with Crippen LogP contribution in [0.3, 0.4) is 0 Å². The van der Waals surface area contributed by atoms with Gasteiger partial charge in [-0.3, -0.25) is 14.4 Å². The van der Waals surface area contributed by atoms with Gasteiger partial charge in [0.15, 0.2) is 12.4 Å². The fraction of sp³-hybridized carbons (Fsp3) is 0.318. The van der Waals surface area contributed by atoms with Crippen LogP contribution in [-0.4, -0.2) is 30.6 Å². The van der Waals surface area contributed by atoms with Crippen LogP contribution in [0.25, 0.3) is 0 Å². The predicted molar refractivity (Wildman–Crippen MR) is 105 cm³/mol. The summed E-state index contributed by atoms with van der Waals surface area (Å²) in [6.07, 6.45) is -5.11. The molecule has 0 radical (unpaired) electrons. The largest absolute Gasteiger partial charge is 0.573 e. The highest BCUT2D eigenvalue weighted by atomic mass is 19.4. The lowest BCUT2D eigenvalue weighted by molar-refractivity contribution is -0.274. The minimum Gasteiger partial charge on any atom is -0.456 e. The van der Waals surface area contributed by atoms with Crippen molar-refractivity contribution in [1.82, 2.24) is 5.32 Å². The number of aryl methyl sites for hydroxylation is 2. The Hall–Kier alpha value is -3.36. The molecule has 0 spiro atoms. The zero-order chi connectivity index (χ0) is 23.0. The molecule has 9 heteroatoms. The summed E-state index contributed by atoms with van der Waals surface area (Å²) in [6, 6.07) is 10.6. The fourth-order valence-electron chi connectivity index (χ4n) is 2.61. The average molecular weight is 437 g/mol. The van der Waals surface area contributed by atoms with E-state index in [0.29, 0.717) is 5.56 Å². The molecule has 166 valence electrons. The Balaban J connectivity index is 1.76. The minimum absolute atomic E-state index is 0.0644. The quantitative estimate of drug-likeness (QED) is 0.473. The standard InChI is InChI=1S/C22H22F3NO5/c1-14-7-8-16(11-15(14)2)18(27)9-10-21(29)30-13-20(28)26-12-17-5-3-4-6-19(17)31-22(23,24)25/h3-8,11H,9-10,12-13H2,1-2H3,(H,26,28). The first-order chi connectivity index (χ1) is 14.5. The van der Waals surface area contributed by atoms with Crippen LogP contribution in [0.2, 0.25) is 0 Å². The number of ketones is 1. The van der Waals surface area contributed by atoms with Gasteiger partial charge in [-0.25, -0.2) is 0 Å². The maximum absolute atomic E-state index is 12.4. The van der Waals surface area contributed by atoms with E-state index in [0.717, 1.165) is 17.2 Å². The zero-order valence-electron chi connectivity index (χ0n) is 17.0. The summed E-state index contributed by atoms with van der Waals surface area (Å²) in [5.41, 5.74) is 2.62. The first-order valence-electron chi connectivity index (χ1n) is 9.41. The van der Waals surface area contributed by atoms with E-state index in [1.807, 2.05) is 19.9 Å². The maximum atomic E-state index is 12.4. The summed E-state index contributed by atoms with van der Waals surface area (Å²) < 4.78 is 46.0. The molecule has 6 nitrogen and oxygen atoms in total. The van der Waals surface area contributed by atoms with Gasteiger partial charge in [0.25, 0.3) is 5.91 Å². The molecule has 2 aromatic carbocycles. The van der Waals surface area contributed by atoms with E-state index in [2.05, 4.69) is 10.1 Å². The van der Waals surface area contributed by atoms with Crippen LogP contribution in [0.15, 0.2) is 42.5 Å². The van der Waals surface area contributed by atoms with Crippen molar-refractivity contribution in [2.75, 3.05) is 6.61 Å².